The number of ether oxygens (including phenoxy) is 2. The fraction of sp³-hybridized carbons (Fsp3) is 0.875. The van der Waals surface area contributed by atoms with Crippen molar-refractivity contribution in [1.29, 1.82) is 0 Å². The fourth-order valence-electron chi connectivity index (χ4n) is 3.60. The van der Waals surface area contributed by atoms with Crippen molar-refractivity contribution >= 4 is 11.8 Å². The molecule has 0 aromatic heterocycles. The number of alkyl halides is 6. The van der Waals surface area contributed by atoms with Crippen molar-refractivity contribution in [1.82, 2.24) is 10.6 Å². The molecule has 6 atom stereocenters. The van der Waals surface area contributed by atoms with Gasteiger partial charge in [0, 0.05) is 12.1 Å². The number of rotatable bonds is 2. The predicted octanol–water partition coefficient (Wildman–Crippen LogP) is 1.97. The molecule has 6 nitrogen and oxygen atoms in total. The lowest BCUT2D eigenvalue weighted by atomic mass is 9.95. The van der Waals surface area contributed by atoms with Crippen molar-refractivity contribution in [3.05, 3.63) is 0 Å². The van der Waals surface area contributed by atoms with E-state index in [9.17, 15) is 35.9 Å². The molecule has 2 amide bonds. The third kappa shape index (κ3) is 5.72. The quantitative estimate of drug-likeness (QED) is 0.531. The molecule has 2 aliphatic carbocycles. The first kappa shape index (κ1) is 21.2. The van der Waals surface area contributed by atoms with E-state index in [4.69, 9.17) is 9.47 Å². The van der Waals surface area contributed by atoms with Crippen LogP contribution in [0.1, 0.15) is 38.5 Å². The molecule has 28 heavy (non-hydrogen) atoms. The number of epoxide rings is 2. The third-order valence-corrected chi connectivity index (χ3v) is 5.19. The summed E-state index contributed by atoms with van der Waals surface area (Å²) in [6.45, 7) is 0. The first-order valence-electron chi connectivity index (χ1n) is 8.99. The van der Waals surface area contributed by atoms with Crippen LogP contribution in [0.25, 0.3) is 0 Å². The number of carbonyl (C=O) groups excluding carboxylic acids is 2. The van der Waals surface area contributed by atoms with E-state index in [0.29, 0.717) is 25.7 Å². The van der Waals surface area contributed by atoms with E-state index < -0.39 is 24.2 Å². The molecule has 4 fully saturated rings. The summed E-state index contributed by atoms with van der Waals surface area (Å²) in [6.07, 6.45) is -5.30. The van der Waals surface area contributed by atoms with E-state index in [1.165, 1.54) is 0 Å². The van der Waals surface area contributed by atoms with Gasteiger partial charge in [0.2, 0.25) is 0 Å². The van der Waals surface area contributed by atoms with Crippen molar-refractivity contribution in [3.8, 4) is 0 Å². The van der Waals surface area contributed by atoms with Crippen LogP contribution >= 0.6 is 0 Å². The average molecular weight is 418 g/mol. The maximum atomic E-state index is 11.9. The van der Waals surface area contributed by atoms with Crippen LogP contribution in [0.4, 0.5) is 26.3 Å². The number of carbonyl (C=O) groups is 2. The molecule has 2 aliphatic heterocycles. The summed E-state index contributed by atoms with van der Waals surface area (Å²) in [5, 5.41) is 3.94. The fourth-order valence-corrected chi connectivity index (χ4v) is 3.60. The van der Waals surface area contributed by atoms with Gasteiger partial charge in [0.05, 0.1) is 24.4 Å². The maximum absolute atomic E-state index is 11.9. The monoisotopic (exact) mass is 418 g/mol. The van der Waals surface area contributed by atoms with Gasteiger partial charge in [0.1, 0.15) is 0 Å². The Hall–Kier alpha value is -1.56. The van der Waals surface area contributed by atoms with Crippen molar-refractivity contribution in [2.75, 3.05) is 0 Å². The number of fused-ring (bicyclic) bond motifs is 2. The Morgan fingerprint density at radius 1 is 0.643 bits per heavy atom. The lowest BCUT2D eigenvalue weighted by Gasteiger charge is -2.20. The first-order valence-corrected chi connectivity index (χ1v) is 8.99. The highest BCUT2D eigenvalue weighted by molar-refractivity contribution is 5.82. The molecule has 0 radical (unpaired) electrons. The van der Waals surface area contributed by atoms with Gasteiger partial charge in [-0.2, -0.15) is 26.3 Å². The van der Waals surface area contributed by atoms with E-state index in [1.54, 1.807) is 0 Å². The molecule has 0 aromatic rings. The lowest BCUT2D eigenvalue weighted by molar-refractivity contribution is -0.174. The van der Waals surface area contributed by atoms with Gasteiger partial charge in [0.25, 0.3) is 0 Å². The van der Waals surface area contributed by atoms with E-state index in [1.807, 2.05) is 10.6 Å². The van der Waals surface area contributed by atoms with Gasteiger partial charge in [-0.1, -0.05) is 0 Å². The van der Waals surface area contributed by atoms with E-state index >= 15 is 0 Å². The summed E-state index contributed by atoms with van der Waals surface area (Å²) in [4.78, 5) is 21.2. The highest BCUT2D eigenvalue weighted by Gasteiger charge is 2.47. The largest absolute Gasteiger partial charge is 0.471 e. The van der Waals surface area contributed by atoms with Crippen LogP contribution < -0.4 is 10.6 Å². The van der Waals surface area contributed by atoms with Gasteiger partial charge in [-0.25, -0.2) is 0 Å². The summed E-state index contributed by atoms with van der Waals surface area (Å²) in [7, 11) is 0. The Morgan fingerprint density at radius 2 is 1.00 bits per heavy atom. The van der Waals surface area contributed by atoms with Crippen LogP contribution in [0.3, 0.4) is 0 Å². The Balaban J connectivity index is 0.000000161. The number of hydrogen-bond donors (Lipinski definition) is 2. The molecule has 4 rings (SSSR count). The van der Waals surface area contributed by atoms with Crippen molar-refractivity contribution in [2.45, 2.75) is 87.4 Å². The van der Waals surface area contributed by atoms with Crippen LogP contribution in [0.5, 0.6) is 0 Å². The summed E-state index contributed by atoms with van der Waals surface area (Å²) in [5.41, 5.74) is 0. The molecule has 2 heterocycles. The summed E-state index contributed by atoms with van der Waals surface area (Å²) >= 11 is 0. The number of amides is 2. The molecule has 0 bridgehead atoms. The van der Waals surface area contributed by atoms with Crippen LogP contribution in [0.15, 0.2) is 0 Å². The van der Waals surface area contributed by atoms with Crippen molar-refractivity contribution in [2.24, 2.45) is 0 Å². The molecule has 12 heteroatoms. The molecule has 0 aromatic carbocycles. The number of hydrogen-bond acceptors (Lipinski definition) is 4. The molecule has 2 saturated heterocycles. The van der Waals surface area contributed by atoms with Gasteiger partial charge in [0.15, 0.2) is 0 Å². The molecule has 2 N–H and O–H groups in total. The highest BCUT2D eigenvalue weighted by Crippen LogP contribution is 2.37. The minimum absolute atomic E-state index is 0.0716. The van der Waals surface area contributed by atoms with Gasteiger partial charge in [-0.3, -0.25) is 9.59 Å². The Bertz CT molecular complexity index is 559. The molecule has 0 unspecified atom stereocenters. The Labute approximate surface area is 156 Å². The zero-order valence-electron chi connectivity index (χ0n) is 14.6. The summed E-state index contributed by atoms with van der Waals surface area (Å²) in [6, 6.07) is -0.763. The second-order valence-electron chi connectivity index (χ2n) is 7.39. The Morgan fingerprint density at radius 3 is 1.29 bits per heavy atom. The van der Waals surface area contributed by atoms with Gasteiger partial charge < -0.3 is 20.1 Å². The third-order valence-electron chi connectivity index (χ3n) is 5.19. The minimum Gasteiger partial charge on any atom is -0.370 e. The van der Waals surface area contributed by atoms with E-state index in [0.717, 1.165) is 12.8 Å². The second kappa shape index (κ2) is 7.69. The van der Waals surface area contributed by atoms with Gasteiger partial charge in [-0.05, 0) is 38.5 Å². The molecule has 4 aliphatic rings. The van der Waals surface area contributed by atoms with E-state index in [2.05, 4.69) is 0 Å². The molecule has 160 valence electrons. The van der Waals surface area contributed by atoms with Gasteiger partial charge in [-0.15, -0.1) is 0 Å². The van der Waals surface area contributed by atoms with E-state index in [-0.39, 0.29) is 36.5 Å². The second-order valence-corrected chi connectivity index (χ2v) is 7.39. The van der Waals surface area contributed by atoms with Gasteiger partial charge >= 0.3 is 24.2 Å². The summed E-state index contributed by atoms with van der Waals surface area (Å²) in [5.74, 6) is -3.69. The zero-order valence-corrected chi connectivity index (χ0v) is 14.6. The standard InChI is InChI=1S/2C8H10F3NO2/c2*9-8(10,11)7(13)12-4-1-2-5-6(3-4)14-5/h2*4-6H,1-3H2,(H,12,13)/t2*4-,5-,6+/m10/s1. The first-order chi connectivity index (χ1) is 12.9. The molecule has 2 saturated carbocycles. The smallest absolute Gasteiger partial charge is 0.370 e. The topological polar surface area (TPSA) is 83.3 Å². The van der Waals surface area contributed by atoms with Crippen LogP contribution in [0.2, 0.25) is 0 Å². The average Bonchev–Trinajstić information content (AvgIpc) is 3.47. The molecule has 0 spiro atoms. The SMILES string of the molecule is O=C(N[C@@H]1CC[C@H]2O[C@H]2C1)C(F)(F)F.O=C(N[C@H]1CC[C@@H]2O[C@@H]2C1)C(F)(F)F. The van der Waals surface area contributed by atoms with Crippen LogP contribution in [0, 0.1) is 0 Å². The van der Waals surface area contributed by atoms with Crippen LogP contribution in [-0.4, -0.2) is 60.7 Å². The normalized spacial score (nSPS) is 36.1. The minimum atomic E-state index is -4.78. The zero-order chi connectivity index (χ0) is 20.7. The van der Waals surface area contributed by atoms with Crippen molar-refractivity contribution in [3.63, 3.8) is 0 Å². The predicted molar refractivity (Wildman–Crippen MR) is 81.0 cm³/mol. The number of halogens is 6. The summed E-state index contributed by atoms with van der Waals surface area (Å²) < 4.78 is 81.5. The molecular weight excluding hydrogens is 398 g/mol. The number of nitrogens with one attached hydrogen (secondary N) is 2. The lowest BCUT2D eigenvalue weighted by Crippen LogP contribution is -2.44. The van der Waals surface area contributed by atoms with Crippen LogP contribution in [-0.2, 0) is 19.1 Å². The molecular formula is C16H20F6N2O4. The van der Waals surface area contributed by atoms with Crippen molar-refractivity contribution < 1.29 is 45.4 Å². The highest BCUT2D eigenvalue weighted by atomic mass is 19.4. The maximum Gasteiger partial charge on any atom is 0.471 e. The Kier molecular flexibility index (Phi) is 5.81.